The first-order valence-electron chi connectivity index (χ1n) is 8.28. The molecule has 0 aliphatic rings. The first-order valence-corrected chi connectivity index (χ1v) is 8.28. The van der Waals surface area contributed by atoms with Crippen LogP contribution in [-0.2, 0) is 12.1 Å². The fourth-order valence-corrected chi connectivity index (χ4v) is 2.81. The summed E-state index contributed by atoms with van der Waals surface area (Å²) in [6.45, 7) is 7.13. The highest BCUT2D eigenvalue weighted by Crippen LogP contribution is 2.20. The molecule has 126 valence electrons. The molecule has 1 atom stereocenters. The molecule has 0 bridgehead atoms. The van der Waals surface area contributed by atoms with E-state index in [4.69, 9.17) is 0 Å². The maximum absolute atomic E-state index is 10.6. The van der Waals surface area contributed by atoms with Gasteiger partial charge in [-0.05, 0) is 38.0 Å². The lowest BCUT2D eigenvalue weighted by Crippen LogP contribution is -2.35. The zero-order valence-electron chi connectivity index (χ0n) is 14.4. The van der Waals surface area contributed by atoms with E-state index in [0.29, 0.717) is 19.1 Å². The monoisotopic (exact) mass is 324 g/mol. The smallest absolute Gasteiger partial charge is 0.157 e. The number of pyridine rings is 1. The fourth-order valence-electron chi connectivity index (χ4n) is 2.81. The van der Waals surface area contributed by atoms with E-state index in [2.05, 4.69) is 35.3 Å². The van der Waals surface area contributed by atoms with Crippen molar-refractivity contribution in [1.29, 1.82) is 0 Å². The van der Waals surface area contributed by atoms with Crippen molar-refractivity contribution < 1.29 is 5.11 Å². The Bertz CT molecular complexity index is 809. The Labute approximate surface area is 142 Å². The number of fused-ring (bicyclic) bond motifs is 1. The molecule has 24 heavy (non-hydrogen) atoms. The van der Waals surface area contributed by atoms with Crippen molar-refractivity contribution in [3.8, 4) is 0 Å². The van der Waals surface area contributed by atoms with Gasteiger partial charge < -0.3 is 10.4 Å². The van der Waals surface area contributed by atoms with Crippen molar-refractivity contribution >= 4 is 11.0 Å². The van der Waals surface area contributed by atoms with E-state index in [9.17, 15) is 5.11 Å². The van der Waals surface area contributed by atoms with Crippen LogP contribution in [0.15, 0.2) is 48.8 Å². The highest BCUT2D eigenvalue weighted by molar-refractivity contribution is 5.75. The van der Waals surface area contributed by atoms with Gasteiger partial charge in [-0.25, -0.2) is 9.67 Å². The topological polar surface area (TPSA) is 63.0 Å². The summed E-state index contributed by atoms with van der Waals surface area (Å²) in [6.07, 6.45) is 3.72. The van der Waals surface area contributed by atoms with Crippen molar-refractivity contribution in [2.75, 3.05) is 6.54 Å². The molecule has 0 fully saturated rings. The van der Waals surface area contributed by atoms with Gasteiger partial charge in [0.25, 0.3) is 0 Å². The van der Waals surface area contributed by atoms with E-state index in [1.807, 2.05) is 54.3 Å². The molecule has 0 spiro atoms. The molecule has 1 unspecified atom stereocenters. The molecule has 2 N–H and O–H groups in total. The summed E-state index contributed by atoms with van der Waals surface area (Å²) >= 11 is 0. The molecule has 0 radical (unpaired) electrons. The minimum atomic E-state index is -0.901. The molecule has 5 heteroatoms. The number of hydrogen-bond acceptors (Lipinski definition) is 4. The van der Waals surface area contributed by atoms with E-state index < -0.39 is 5.60 Å². The van der Waals surface area contributed by atoms with E-state index in [-0.39, 0.29) is 0 Å². The minimum absolute atomic E-state index is 0.292. The zero-order chi connectivity index (χ0) is 17.2. The third-order valence-electron chi connectivity index (χ3n) is 4.17. The quantitative estimate of drug-likeness (QED) is 0.732. The van der Waals surface area contributed by atoms with Crippen molar-refractivity contribution in [3.63, 3.8) is 0 Å². The number of hydrogen-bond donors (Lipinski definition) is 2. The van der Waals surface area contributed by atoms with Crippen molar-refractivity contribution in [2.24, 2.45) is 0 Å². The molecule has 3 aromatic rings. The van der Waals surface area contributed by atoms with Crippen molar-refractivity contribution in [3.05, 3.63) is 59.9 Å². The van der Waals surface area contributed by atoms with Gasteiger partial charge >= 0.3 is 0 Å². The van der Waals surface area contributed by atoms with Gasteiger partial charge in [0.1, 0.15) is 0 Å². The first-order chi connectivity index (χ1) is 11.5. The Balaban J connectivity index is 1.66. The molecular formula is C19H24N4O. The van der Waals surface area contributed by atoms with Crippen LogP contribution < -0.4 is 5.32 Å². The molecule has 0 aliphatic heterocycles. The van der Waals surface area contributed by atoms with Crippen molar-refractivity contribution in [2.45, 2.75) is 39.0 Å². The molecule has 0 amide bonds. The molecule has 1 aromatic carbocycles. The number of aliphatic hydroxyl groups is 1. The van der Waals surface area contributed by atoms with Crippen LogP contribution >= 0.6 is 0 Å². The molecule has 2 heterocycles. The number of nitrogens with zero attached hydrogens (tertiary/aromatic N) is 3. The maximum atomic E-state index is 10.6. The predicted molar refractivity (Wildman–Crippen MR) is 95.6 cm³/mol. The summed E-state index contributed by atoms with van der Waals surface area (Å²) in [7, 11) is 0. The largest absolute Gasteiger partial charge is 0.384 e. The lowest BCUT2D eigenvalue weighted by molar-refractivity contribution is 0.0566. The fraction of sp³-hybridized carbons (Fsp3) is 0.368. The SMILES string of the molecule is CC(C)n1ncc2cc(CNCC(C)(O)c3ccccc3)cnc21. The summed E-state index contributed by atoms with van der Waals surface area (Å²) in [5.41, 5.74) is 1.99. The Morgan fingerprint density at radius 2 is 1.96 bits per heavy atom. The van der Waals surface area contributed by atoms with Gasteiger partial charge in [0.2, 0.25) is 0 Å². The van der Waals surface area contributed by atoms with E-state index in [1.165, 1.54) is 0 Å². The second-order valence-corrected chi connectivity index (χ2v) is 6.68. The maximum Gasteiger partial charge on any atom is 0.157 e. The summed E-state index contributed by atoms with van der Waals surface area (Å²) in [4.78, 5) is 4.53. The third-order valence-corrected chi connectivity index (χ3v) is 4.17. The van der Waals surface area contributed by atoms with Crippen LogP contribution in [0.4, 0.5) is 0 Å². The van der Waals surface area contributed by atoms with E-state index >= 15 is 0 Å². The van der Waals surface area contributed by atoms with Gasteiger partial charge in [0.05, 0.1) is 11.8 Å². The summed E-state index contributed by atoms with van der Waals surface area (Å²) in [6, 6.07) is 12.1. The van der Waals surface area contributed by atoms with E-state index in [0.717, 1.165) is 22.2 Å². The van der Waals surface area contributed by atoms with E-state index in [1.54, 1.807) is 0 Å². The second kappa shape index (κ2) is 6.71. The van der Waals surface area contributed by atoms with Crippen LogP contribution in [-0.4, -0.2) is 26.4 Å². The van der Waals surface area contributed by atoms with Crippen molar-refractivity contribution in [1.82, 2.24) is 20.1 Å². The van der Waals surface area contributed by atoms with Gasteiger partial charge in [-0.2, -0.15) is 5.10 Å². The lowest BCUT2D eigenvalue weighted by Gasteiger charge is -2.24. The molecule has 0 saturated carbocycles. The molecule has 5 nitrogen and oxygen atoms in total. The number of aromatic nitrogens is 3. The Hall–Kier alpha value is -2.24. The van der Waals surface area contributed by atoms with Gasteiger partial charge in [-0.3, -0.25) is 0 Å². The molecule has 2 aromatic heterocycles. The van der Waals surface area contributed by atoms with Gasteiger partial charge in [0.15, 0.2) is 5.65 Å². The minimum Gasteiger partial charge on any atom is -0.384 e. The Morgan fingerprint density at radius 1 is 1.21 bits per heavy atom. The number of rotatable bonds is 6. The normalized spacial score (nSPS) is 14.2. The summed E-state index contributed by atoms with van der Waals surface area (Å²) in [5, 5.41) is 19.4. The highest BCUT2D eigenvalue weighted by Gasteiger charge is 2.22. The summed E-state index contributed by atoms with van der Waals surface area (Å²) in [5.74, 6) is 0. The van der Waals surface area contributed by atoms with Gasteiger partial charge in [-0.1, -0.05) is 30.3 Å². The lowest BCUT2D eigenvalue weighted by atomic mass is 9.96. The third kappa shape index (κ3) is 3.47. The Kier molecular flexibility index (Phi) is 4.64. The van der Waals surface area contributed by atoms with Crippen LogP contribution in [0.5, 0.6) is 0 Å². The number of nitrogens with one attached hydrogen (secondary N) is 1. The molecular weight excluding hydrogens is 300 g/mol. The average Bonchev–Trinajstić information content (AvgIpc) is 2.99. The van der Waals surface area contributed by atoms with Gasteiger partial charge in [0, 0.05) is 30.7 Å². The van der Waals surface area contributed by atoms with Crippen LogP contribution in [0.1, 0.15) is 37.9 Å². The van der Waals surface area contributed by atoms with Gasteiger partial charge in [-0.15, -0.1) is 0 Å². The predicted octanol–water partition coefficient (Wildman–Crippen LogP) is 3.01. The average molecular weight is 324 g/mol. The first kappa shape index (κ1) is 16.6. The molecule has 0 aliphatic carbocycles. The second-order valence-electron chi connectivity index (χ2n) is 6.68. The number of benzene rings is 1. The van der Waals surface area contributed by atoms with Crippen LogP contribution in [0.2, 0.25) is 0 Å². The zero-order valence-corrected chi connectivity index (χ0v) is 14.4. The highest BCUT2D eigenvalue weighted by atomic mass is 16.3. The molecule has 0 saturated heterocycles. The Morgan fingerprint density at radius 3 is 2.67 bits per heavy atom. The van der Waals surface area contributed by atoms with Crippen LogP contribution in [0, 0.1) is 0 Å². The standard InChI is InChI=1S/C19H24N4O/c1-14(2)23-18-16(12-22-23)9-15(11-21-18)10-20-13-19(3,24)17-7-5-4-6-8-17/h4-9,11-12,14,20,24H,10,13H2,1-3H3. The van der Waals surface area contributed by atoms with Crippen LogP contribution in [0.3, 0.4) is 0 Å². The molecule has 3 rings (SSSR count). The van der Waals surface area contributed by atoms with Crippen LogP contribution in [0.25, 0.3) is 11.0 Å². The summed E-state index contributed by atoms with van der Waals surface area (Å²) < 4.78 is 1.92.